The van der Waals surface area contributed by atoms with E-state index in [1.807, 2.05) is 0 Å². The molecule has 1 rings (SSSR count). The Morgan fingerprint density at radius 3 is 2.74 bits per heavy atom. The minimum Gasteiger partial charge on any atom is -0.478 e. The summed E-state index contributed by atoms with van der Waals surface area (Å²) < 4.78 is 24.0. The second-order valence-electron chi connectivity index (χ2n) is 3.87. The Morgan fingerprint density at radius 2 is 2.16 bits per heavy atom. The Kier molecular flexibility index (Phi) is 5.07. The standard InChI is InChI=1S/C10H16N4O4S/c1-19(17,18)14-5-2-4-12-9-8(11)7(10(15)16)3-6-13-9/h3,6,14H,2,4-5,11H2,1H3,(H,12,13)(H,15,16). The average molecular weight is 288 g/mol. The summed E-state index contributed by atoms with van der Waals surface area (Å²) in [6.45, 7) is 0.702. The third kappa shape index (κ3) is 5.10. The molecule has 9 heteroatoms. The number of nitrogens with zero attached hydrogens (tertiary/aromatic N) is 1. The van der Waals surface area contributed by atoms with Crippen LogP contribution in [0.25, 0.3) is 0 Å². The molecule has 5 N–H and O–H groups in total. The van der Waals surface area contributed by atoms with Crippen LogP contribution in [0.3, 0.4) is 0 Å². The highest BCUT2D eigenvalue weighted by atomic mass is 32.2. The zero-order valence-corrected chi connectivity index (χ0v) is 11.2. The maximum atomic E-state index is 10.8. The molecule has 0 atom stereocenters. The van der Waals surface area contributed by atoms with E-state index >= 15 is 0 Å². The Balaban J connectivity index is 2.50. The Labute approximate surface area is 111 Å². The lowest BCUT2D eigenvalue weighted by atomic mass is 10.2. The third-order valence-corrected chi connectivity index (χ3v) is 2.96. The minimum absolute atomic E-state index is 0.0215. The molecule has 19 heavy (non-hydrogen) atoms. The van der Waals surface area contributed by atoms with Crippen molar-refractivity contribution in [1.29, 1.82) is 0 Å². The number of aromatic carboxylic acids is 1. The molecule has 0 aliphatic carbocycles. The zero-order chi connectivity index (χ0) is 14.5. The lowest BCUT2D eigenvalue weighted by molar-refractivity contribution is 0.0698. The first-order valence-corrected chi connectivity index (χ1v) is 7.36. The fourth-order valence-corrected chi connectivity index (χ4v) is 1.87. The third-order valence-electron chi connectivity index (χ3n) is 2.23. The van der Waals surface area contributed by atoms with Crippen molar-refractivity contribution >= 4 is 27.5 Å². The van der Waals surface area contributed by atoms with E-state index in [-0.39, 0.29) is 23.6 Å². The number of aromatic nitrogens is 1. The molecule has 0 amide bonds. The van der Waals surface area contributed by atoms with Crippen molar-refractivity contribution in [2.75, 3.05) is 30.4 Å². The van der Waals surface area contributed by atoms with Gasteiger partial charge in [-0.25, -0.2) is 22.9 Å². The van der Waals surface area contributed by atoms with Crippen LogP contribution in [0.4, 0.5) is 11.5 Å². The predicted molar refractivity (Wildman–Crippen MR) is 71.6 cm³/mol. The predicted octanol–water partition coefficient (Wildman–Crippen LogP) is -0.287. The number of carboxylic acid groups (broad SMARTS) is 1. The van der Waals surface area contributed by atoms with E-state index < -0.39 is 16.0 Å². The van der Waals surface area contributed by atoms with Gasteiger partial charge in [0.2, 0.25) is 10.0 Å². The topological polar surface area (TPSA) is 134 Å². The van der Waals surface area contributed by atoms with Gasteiger partial charge in [0.1, 0.15) is 5.82 Å². The normalized spacial score (nSPS) is 11.2. The van der Waals surface area contributed by atoms with Gasteiger partial charge in [0.25, 0.3) is 0 Å². The molecule has 0 bridgehead atoms. The fourth-order valence-electron chi connectivity index (χ4n) is 1.35. The fraction of sp³-hybridized carbons (Fsp3) is 0.400. The number of hydrogen-bond acceptors (Lipinski definition) is 6. The molecule has 1 aromatic heterocycles. The summed E-state index contributed by atoms with van der Waals surface area (Å²) in [4.78, 5) is 14.8. The van der Waals surface area contributed by atoms with Crippen LogP contribution >= 0.6 is 0 Å². The van der Waals surface area contributed by atoms with Gasteiger partial charge in [0.15, 0.2) is 0 Å². The maximum Gasteiger partial charge on any atom is 0.337 e. The summed E-state index contributed by atoms with van der Waals surface area (Å²) in [6.07, 6.45) is 2.94. The van der Waals surface area contributed by atoms with E-state index in [2.05, 4.69) is 15.0 Å². The van der Waals surface area contributed by atoms with Crippen LogP contribution in [0.1, 0.15) is 16.8 Å². The smallest absolute Gasteiger partial charge is 0.337 e. The number of rotatable bonds is 7. The Bertz CT molecular complexity index is 559. The van der Waals surface area contributed by atoms with Crippen LogP contribution in [-0.2, 0) is 10.0 Å². The average Bonchev–Trinajstić information content (AvgIpc) is 2.28. The van der Waals surface area contributed by atoms with E-state index in [9.17, 15) is 13.2 Å². The number of anilines is 2. The zero-order valence-electron chi connectivity index (χ0n) is 10.4. The SMILES string of the molecule is CS(=O)(=O)NCCCNc1nccc(C(=O)O)c1N. The Morgan fingerprint density at radius 1 is 1.47 bits per heavy atom. The molecular weight excluding hydrogens is 272 g/mol. The number of hydrogen-bond donors (Lipinski definition) is 4. The number of sulfonamides is 1. The van der Waals surface area contributed by atoms with Crippen molar-refractivity contribution in [3.05, 3.63) is 17.8 Å². The van der Waals surface area contributed by atoms with Crippen LogP contribution in [0, 0.1) is 0 Å². The molecule has 1 aromatic rings. The summed E-state index contributed by atoms with van der Waals surface area (Å²) in [5.74, 6) is -0.846. The van der Waals surface area contributed by atoms with Crippen molar-refractivity contribution in [1.82, 2.24) is 9.71 Å². The van der Waals surface area contributed by atoms with Gasteiger partial charge in [-0.1, -0.05) is 0 Å². The van der Waals surface area contributed by atoms with Gasteiger partial charge in [0.05, 0.1) is 17.5 Å². The molecule has 0 aromatic carbocycles. The van der Waals surface area contributed by atoms with Crippen molar-refractivity contribution in [2.45, 2.75) is 6.42 Å². The van der Waals surface area contributed by atoms with E-state index in [1.54, 1.807) is 0 Å². The molecule has 0 saturated carbocycles. The number of nitrogen functional groups attached to an aromatic ring is 1. The number of carboxylic acids is 1. The van der Waals surface area contributed by atoms with Gasteiger partial charge >= 0.3 is 5.97 Å². The molecule has 0 aliphatic rings. The van der Waals surface area contributed by atoms with Crippen molar-refractivity contribution in [3.8, 4) is 0 Å². The highest BCUT2D eigenvalue weighted by Crippen LogP contribution is 2.19. The molecule has 0 spiro atoms. The highest BCUT2D eigenvalue weighted by molar-refractivity contribution is 7.88. The van der Waals surface area contributed by atoms with E-state index in [0.717, 1.165) is 6.26 Å². The molecule has 106 valence electrons. The first kappa shape index (κ1) is 15.2. The number of nitrogens with one attached hydrogen (secondary N) is 2. The van der Waals surface area contributed by atoms with Crippen LogP contribution in [0.15, 0.2) is 12.3 Å². The summed E-state index contributed by atoms with van der Waals surface area (Å²) >= 11 is 0. The van der Waals surface area contributed by atoms with Gasteiger partial charge in [-0.05, 0) is 12.5 Å². The summed E-state index contributed by atoms with van der Waals surface area (Å²) in [5.41, 5.74) is 5.69. The first-order valence-electron chi connectivity index (χ1n) is 5.47. The molecule has 0 radical (unpaired) electrons. The molecule has 8 nitrogen and oxygen atoms in total. The number of nitrogens with two attached hydrogens (primary N) is 1. The lowest BCUT2D eigenvalue weighted by Crippen LogP contribution is -2.24. The molecule has 0 fully saturated rings. The largest absolute Gasteiger partial charge is 0.478 e. The van der Waals surface area contributed by atoms with Gasteiger partial charge in [-0.2, -0.15) is 0 Å². The van der Waals surface area contributed by atoms with Crippen LogP contribution in [0.5, 0.6) is 0 Å². The minimum atomic E-state index is -3.19. The van der Waals surface area contributed by atoms with Crippen molar-refractivity contribution in [3.63, 3.8) is 0 Å². The van der Waals surface area contributed by atoms with Gasteiger partial charge in [0, 0.05) is 19.3 Å². The summed E-state index contributed by atoms with van der Waals surface area (Å²) in [5, 5.41) is 11.7. The maximum absolute atomic E-state index is 10.8. The quantitative estimate of drug-likeness (QED) is 0.506. The van der Waals surface area contributed by atoms with Crippen LogP contribution < -0.4 is 15.8 Å². The second-order valence-corrected chi connectivity index (χ2v) is 5.71. The van der Waals surface area contributed by atoms with Gasteiger partial charge < -0.3 is 16.2 Å². The monoisotopic (exact) mass is 288 g/mol. The molecule has 0 saturated heterocycles. The molecular formula is C10H16N4O4S. The van der Waals surface area contributed by atoms with E-state index in [4.69, 9.17) is 10.8 Å². The van der Waals surface area contributed by atoms with Crippen molar-refractivity contribution < 1.29 is 18.3 Å². The van der Waals surface area contributed by atoms with Gasteiger partial charge in [-0.3, -0.25) is 0 Å². The number of carbonyl (C=O) groups is 1. The molecule has 0 aliphatic heterocycles. The molecule has 0 unspecified atom stereocenters. The lowest BCUT2D eigenvalue weighted by Gasteiger charge is -2.09. The second kappa shape index (κ2) is 6.34. The Hall–Kier alpha value is -1.87. The van der Waals surface area contributed by atoms with Crippen LogP contribution in [0.2, 0.25) is 0 Å². The van der Waals surface area contributed by atoms with E-state index in [0.29, 0.717) is 13.0 Å². The summed E-state index contributed by atoms with van der Waals surface area (Å²) in [7, 11) is -3.19. The highest BCUT2D eigenvalue weighted by Gasteiger charge is 2.11. The van der Waals surface area contributed by atoms with E-state index in [1.165, 1.54) is 12.3 Å². The molecule has 1 heterocycles. The summed E-state index contributed by atoms with van der Waals surface area (Å²) in [6, 6.07) is 1.31. The first-order chi connectivity index (χ1) is 8.81. The van der Waals surface area contributed by atoms with Gasteiger partial charge in [-0.15, -0.1) is 0 Å². The number of pyridine rings is 1. The van der Waals surface area contributed by atoms with Crippen LogP contribution in [-0.4, -0.2) is 43.8 Å². The van der Waals surface area contributed by atoms with Crippen molar-refractivity contribution in [2.24, 2.45) is 0 Å².